The molecule has 0 spiro atoms. The van der Waals surface area contributed by atoms with Crippen LogP contribution in [0, 0.1) is 0 Å². The second-order valence-electron chi connectivity index (χ2n) is 4.91. The Morgan fingerprint density at radius 3 is 2.75 bits per heavy atom. The maximum absolute atomic E-state index is 4.26. The third-order valence-electron chi connectivity index (χ3n) is 3.42. The Hall–Kier alpha value is -0.980. The molecule has 2 N–H and O–H groups in total. The molecule has 2 rings (SSSR count). The number of benzene rings is 1. The lowest BCUT2D eigenvalue weighted by molar-refractivity contribution is 0.647. The first kappa shape index (κ1) is 17.1. The van der Waals surface area contributed by atoms with Crippen LogP contribution in [0.4, 0.5) is 5.69 Å². The van der Waals surface area contributed by atoms with Crippen molar-refractivity contribution in [1.82, 2.24) is 10.6 Å². The van der Waals surface area contributed by atoms with Gasteiger partial charge in [0.05, 0.1) is 0 Å². The summed E-state index contributed by atoms with van der Waals surface area (Å²) < 4.78 is 0. The van der Waals surface area contributed by atoms with Gasteiger partial charge in [0.2, 0.25) is 0 Å². The normalized spacial score (nSPS) is 18.6. The number of hydrogen-bond acceptors (Lipinski definition) is 2. The summed E-state index contributed by atoms with van der Waals surface area (Å²) in [6, 6.07) is 11.1. The summed E-state index contributed by atoms with van der Waals surface area (Å²) in [5.41, 5.74) is 1.31. The van der Waals surface area contributed by atoms with Gasteiger partial charge in [-0.1, -0.05) is 25.1 Å². The molecule has 0 bridgehead atoms. The highest BCUT2D eigenvalue weighted by Gasteiger charge is 2.23. The molecule has 1 heterocycles. The van der Waals surface area contributed by atoms with Crippen LogP contribution in [-0.2, 0) is 0 Å². The Kier molecular flexibility index (Phi) is 7.72. The van der Waals surface area contributed by atoms with Crippen molar-refractivity contribution in [3.63, 3.8) is 0 Å². The van der Waals surface area contributed by atoms with Gasteiger partial charge in [-0.2, -0.15) is 0 Å². The van der Waals surface area contributed by atoms with Crippen LogP contribution in [-0.4, -0.2) is 38.7 Å². The molecule has 5 heteroatoms. The van der Waals surface area contributed by atoms with E-state index in [-0.39, 0.29) is 24.0 Å². The third-order valence-corrected chi connectivity index (χ3v) is 3.42. The molecule has 0 radical (unpaired) electrons. The van der Waals surface area contributed by atoms with Crippen LogP contribution in [0.1, 0.15) is 19.8 Å². The van der Waals surface area contributed by atoms with Gasteiger partial charge in [0.15, 0.2) is 5.96 Å². The topological polar surface area (TPSA) is 39.7 Å². The lowest BCUT2D eigenvalue weighted by atomic mass is 10.3. The number of nitrogens with zero attached hydrogens (tertiary/aromatic N) is 2. The first-order valence-corrected chi connectivity index (χ1v) is 7.10. The van der Waals surface area contributed by atoms with Gasteiger partial charge in [-0.05, 0) is 25.0 Å². The zero-order valence-electron chi connectivity index (χ0n) is 12.3. The Balaban J connectivity index is 0.00000200. The summed E-state index contributed by atoms with van der Waals surface area (Å²) in [6.45, 7) is 5.27. The van der Waals surface area contributed by atoms with E-state index in [1.165, 1.54) is 5.69 Å². The predicted molar refractivity (Wildman–Crippen MR) is 97.3 cm³/mol. The second-order valence-corrected chi connectivity index (χ2v) is 4.91. The van der Waals surface area contributed by atoms with Crippen molar-refractivity contribution in [1.29, 1.82) is 0 Å². The van der Waals surface area contributed by atoms with E-state index in [9.17, 15) is 0 Å². The number of hydrogen-bond donors (Lipinski definition) is 2. The standard InChI is InChI=1S/C15H24N4.HI/c1-3-10-17-15(16-2)18-13-9-11-19(12-13)14-7-5-4-6-8-14;/h4-8,13H,3,9-12H2,1-2H3,(H2,16,17,18);1H. The monoisotopic (exact) mass is 388 g/mol. The minimum atomic E-state index is 0. The number of para-hydroxylation sites is 1. The Morgan fingerprint density at radius 2 is 2.10 bits per heavy atom. The lowest BCUT2D eigenvalue weighted by Crippen LogP contribution is -2.44. The van der Waals surface area contributed by atoms with Crippen molar-refractivity contribution in [3.05, 3.63) is 30.3 Å². The molecule has 1 unspecified atom stereocenters. The summed E-state index contributed by atoms with van der Waals surface area (Å²) in [5.74, 6) is 0.918. The smallest absolute Gasteiger partial charge is 0.191 e. The molecular formula is C15H25IN4. The van der Waals surface area contributed by atoms with E-state index in [2.05, 4.69) is 57.8 Å². The van der Waals surface area contributed by atoms with E-state index < -0.39 is 0 Å². The van der Waals surface area contributed by atoms with Gasteiger partial charge in [-0.25, -0.2) is 0 Å². The van der Waals surface area contributed by atoms with Crippen LogP contribution in [0.3, 0.4) is 0 Å². The number of anilines is 1. The Morgan fingerprint density at radius 1 is 1.35 bits per heavy atom. The minimum Gasteiger partial charge on any atom is -0.369 e. The molecule has 20 heavy (non-hydrogen) atoms. The van der Waals surface area contributed by atoms with Crippen LogP contribution in [0.15, 0.2) is 35.3 Å². The van der Waals surface area contributed by atoms with E-state index in [0.29, 0.717) is 6.04 Å². The highest BCUT2D eigenvalue weighted by atomic mass is 127. The van der Waals surface area contributed by atoms with Gasteiger partial charge in [0, 0.05) is 38.4 Å². The number of aliphatic imine (C=N–C) groups is 1. The van der Waals surface area contributed by atoms with E-state index in [4.69, 9.17) is 0 Å². The van der Waals surface area contributed by atoms with E-state index in [1.807, 2.05) is 7.05 Å². The molecule has 0 saturated carbocycles. The molecule has 1 atom stereocenters. The first-order chi connectivity index (χ1) is 9.33. The molecule has 1 aliphatic heterocycles. The van der Waals surface area contributed by atoms with Crippen LogP contribution in [0.5, 0.6) is 0 Å². The Labute approximate surface area is 139 Å². The average Bonchev–Trinajstić information content (AvgIpc) is 2.93. The van der Waals surface area contributed by atoms with Gasteiger partial charge in [0.1, 0.15) is 0 Å². The van der Waals surface area contributed by atoms with Crippen LogP contribution in [0.2, 0.25) is 0 Å². The highest BCUT2D eigenvalue weighted by Crippen LogP contribution is 2.19. The Bertz CT molecular complexity index is 408. The quantitative estimate of drug-likeness (QED) is 0.473. The predicted octanol–water partition coefficient (Wildman–Crippen LogP) is 2.46. The van der Waals surface area contributed by atoms with E-state index in [1.54, 1.807) is 0 Å². The van der Waals surface area contributed by atoms with Crippen molar-refractivity contribution in [2.45, 2.75) is 25.8 Å². The van der Waals surface area contributed by atoms with E-state index >= 15 is 0 Å². The van der Waals surface area contributed by atoms with Gasteiger partial charge in [0.25, 0.3) is 0 Å². The van der Waals surface area contributed by atoms with E-state index in [0.717, 1.165) is 38.4 Å². The maximum Gasteiger partial charge on any atom is 0.191 e. The summed E-state index contributed by atoms with van der Waals surface area (Å²) in [4.78, 5) is 6.68. The molecule has 0 aliphatic carbocycles. The van der Waals surface area contributed by atoms with Crippen LogP contribution < -0.4 is 15.5 Å². The summed E-state index contributed by atoms with van der Waals surface area (Å²) in [7, 11) is 1.83. The van der Waals surface area contributed by atoms with Gasteiger partial charge in [-0.15, -0.1) is 24.0 Å². The fourth-order valence-corrected chi connectivity index (χ4v) is 2.38. The fourth-order valence-electron chi connectivity index (χ4n) is 2.38. The third kappa shape index (κ3) is 4.85. The fraction of sp³-hybridized carbons (Fsp3) is 0.533. The lowest BCUT2D eigenvalue weighted by Gasteiger charge is -2.20. The van der Waals surface area contributed by atoms with Crippen molar-refractivity contribution in [3.8, 4) is 0 Å². The number of halogens is 1. The molecule has 0 amide bonds. The zero-order chi connectivity index (χ0) is 13.5. The summed E-state index contributed by atoms with van der Waals surface area (Å²) >= 11 is 0. The second kappa shape index (κ2) is 9.05. The zero-order valence-corrected chi connectivity index (χ0v) is 14.6. The molecule has 1 aromatic carbocycles. The largest absolute Gasteiger partial charge is 0.369 e. The number of guanidine groups is 1. The summed E-state index contributed by atoms with van der Waals surface area (Å²) in [6.07, 6.45) is 2.27. The summed E-state index contributed by atoms with van der Waals surface area (Å²) in [5, 5.41) is 6.82. The van der Waals surface area contributed by atoms with Crippen molar-refractivity contribution in [2.75, 3.05) is 31.6 Å². The molecule has 112 valence electrons. The van der Waals surface area contributed by atoms with Crippen molar-refractivity contribution in [2.24, 2.45) is 4.99 Å². The average molecular weight is 388 g/mol. The van der Waals surface area contributed by atoms with Crippen LogP contribution in [0.25, 0.3) is 0 Å². The van der Waals surface area contributed by atoms with Gasteiger partial charge in [-0.3, -0.25) is 4.99 Å². The molecule has 1 fully saturated rings. The van der Waals surface area contributed by atoms with Gasteiger partial charge < -0.3 is 15.5 Å². The molecule has 4 nitrogen and oxygen atoms in total. The molecule has 1 aromatic rings. The number of nitrogens with one attached hydrogen (secondary N) is 2. The van der Waals surface area contributed by atoms with Gasteiger partial charge >= 0.3 is 0 Å². The minimum absolute atomic E-state index is 0. The first-order valence-electron chi connectivity index (χ1n) is 7.10. The molecule has 0 aromatic heterocycles. The number of rotatable bonds is 4. The maximum atomic E-state index is 4.26. The SMILES string of the molecule is CCCNC(=NC)NC1CCN(c2ccccc2)C1.I. The molecule has 1 saturated heterocycles. The highest BCUT2D eigenvalue weighted by molar-refractivity contribution is 14.0. The molecule has 1 aliphatic rings. The van der Waals surface area contributed by atoms with Crippen molar-refractivity contribution >= 4 is 35.6 Å². The molecular weight excluding hydrogens is 363 g/mol. The van der Waals surface area contributed by atoms with Crippen molar-refractivity contribution < 1.29 is 0 Å². The van der Waals surface area contributed by atoms with Crippen LogP contribution >= 0.6 is 24.0 Å².